The fourth-order valence-corrected chi connectivity index (χ4v) is 2.95. The number of aromatic amines is 1. The second-order valence-electron chi connectivity index (χ2n) is 6.57. The Balaban J connectivity index is 2.93. The summed E-state index contributed by atoms with van der Waals surface area (Å²) < 4.78 is 0. The molecule has 0 fully saturated rings. The largest absolute Gasteiger partial charge is 0.480 e. The van der Waals surface area contributed by atoms with E-state index in [1.54, 1.807) is 0 Å². The summed E-state index contributed by atoms with van der Waals surface area (Å²) in [7, 11) is 0. The van der Waals surface area contributed by atoms with Gasteiger partial charge in [0.05, 0.1) is 18.8 Å². The molecule has 0 saturated heterocycles. The van der Waals surface area contributed by atoms with Crippen LogP contribution in [0.5, 0.6) is 0 Å². The molecule has 3 atom stereocenters. The molecule has 1 aromatic rings. The minimum atomic E-state index is -1.25. The lowest BCUT2D eigenvalue weighted by molar-refractivity contribution is -0.138. The van der Waals surface area contributed by atoms with E-state index in [4.69, 9.17) is 16.6 Å². The summed E-state index contributed by atoms with van der Waals surface area (Å²) in [5, 5.41) is 15.9. The van der Waals surface area contributed by atoms with Gasteiger partial charge in [0.2, 0.25) is 23.6 Å². The lowest BCUT2D eigenvalue weighted by Crippen LogP contribution is -2.57. The summed E-state index contributed by atoms with van der Waals surface area (Å²) in [5.41, 5.74) is 11.2. The summed E-state index contributed by atoms with van der Waals surface area (Å²) in [4.78, 5) is 65.8. The molecule has 0 bridgehead atoms. The highest BCUT2D eigenvalue weighted by atomic mass is 32.2. The minimum Gasteiger partial charge on any atom is -0.480 e. The summed E-state index contributed by atoms with van der Waals surface area (Å²) in [6.07, 6.45) is 4.51. The number of aliphatic carboxylic acids is 1. The maximum atomic E-state index is 12.9. The van der Waals surface area contributed by atoms with Gasteiger partial charge in [0.15, 0.2) is 0 Å². The lowest BCUT2D eigenvalue weighted by Gasteiger charge is -2.23. The Labute approximate surface area is 182 Å². The van der Waals surface area contributed by atoms with E-state index in [0.29, 0.717) is 11.4 Å². The van der Waals surface area contributed by atoms with Gasteiger partial charge in [0.25, 0.3) is 0 Å². The molecule has 0 spiro atoms. The molecule has 0 radical (unpaired) electrons. The van der Waals surface area contributed by atoms with E-state index in [0.717, 1.165) is 0 Å². The molecule has 31 heavy (non-hydrogen) atoms. The van der Waals surface area contributed by atoms with E-state index in [1.165, 1.54) is 24.3 Å². The monoisotopic (exact) mass is 457 g/mol. The van der Waals surface area contributed by atoms with Gasteiger partial charge < -0.3 is 37.5 Å². The van der Waals surface area contributed by atoms with E-state index < -0.39 is 60.7 Å². The van der Waals surface area contributed by atoms with Crippen LogP contribution >= 0.6 is 11.8 Å². The van der Waals surface area contributed by atoms with Crippen LogP contribution in [0.1, 0.15) is 18.5 Å². The topological polar surface area (TPSA) is 222 Å². The number of carboxylic acid groups (broad SMARTS) is 1. The van der Waals surface area contributed by atoms with Crippen molar-refractivity contribution in [2.45, 2.75) is 37.4 Å². The normalized spacial score (nSPS) is 13.5. The third-order valence-corrected chi connectivity index (χ3v) is 4.67. The molecule has 14 heteroatoms. The summed E-state index contributed by atoms with van der Waals surface area (Å²) in [6, 6.07) is -3.41. The molecular formula is C17H27N7O6S. The number of amides is 4. The van der Waals surface area contributed by atoms with Crippen molar-refractivity contribution in [3.63, 3.8) is 0 Å². The van der Waals surface area contributed by atoms with E-state index in [9.17, 15) is 24.0 Å². The van der Waals surface area contributed by atoms with Gasteiger partial charge in [-0.2, -0.15) is 11.8 Å². The number of aromatic nitrogens is 2. The maximum absolute atomic E-state index is 12.9. The van der Waals surface area contributed by atoms with Crippen LogP contribution in [0, 0.1) is 0 Å². The van der Waals surface area contributed by atoms with Gasteiger partial charge >= 0.3 is 5.97 Å². The van der Waals surface area contributed by atoms with Gasteiger partial charge in [-0.25, -0.2) is 4.98 Å². The van der Waals surface area contributed by atoms with Crippen LogP contribution in [0.3, 0.4) is 0 Å². The average molecular weight is 458 g/mol. The Hall–Kier alpha value is -3.13. The number of carbonyl (C=O) groups is 5. The smallest absolute Gasteiger partial charge is 0.322 e. The standard InChI is InChI=1S/C17H27N7O6S/c1-31-3-2-11(16(29)21-7-14(26)27)23-17(30)12(4-9-6-20-8-22-9)24-15(28)10(18)5-13(19)25/h6,8,10-12H,2-5,7,18H2,1H3,(H2,19,25)(H,20,22)(H,21,29)(H,23,30)(H,24,28)(H,26,27). The van der Waals surface area contributed by atoms with Gasteiger partial charge in [-0.3, -0.25) is 24.0 Å². The fraction of sp³-hybridized carbons (Fsp3) is 0.529. The van der Waals surface area contributed by atoms with Crippen molar-refractivity contribution < 1.29 is 29.1 Å². The van der Waals surface area contributed by atoms with Crippen molar-refractivity contribution in [3.8, 4) is 0 Å². The fourth-order valence-electron chi connectivity index (χ4n) is 2.48. The molecule has 1 heterocycles. The van der Waals surface area contributed by atoms with Gasteiger partial charge in [-0.05, 0) is 18.4 Å². The number of rotatable bonds is 14. The Morgan fingerprint density at radius 3 is 2.39 bits per heavy atom. The van der Waals surface area contributed by atoms with Crippen LogP contribution in [0.15, 0.2) is 12.5 Å². The highest BCUT2D eigenvalue weighted by Gasteiger charge is 2.29. The molecule has 3 unspecified atom stereocenters. The minimum absolute atomic E-state index is 0.00680. The number of nitrogens with one attached hydrogen (secondary N) is 4. The zero-order valence-electron chi connectivity index (χ0n) is 16.9. The first kappa shape index (κ1) is 25.9. The third-order valence-electron chi connectivity index (χ3n) is 4.03. The number of thioether (sulfide) groups is 1. The van der Waals surface area contributed by atoms with Crippen molar-refractivity contribution in [1.29, 1.82) is 0 Å². The summed E-state index contributed by atoms with van der Waals surface area (Å²) in [5.74, 6) is -3.60. The molecule has 9 N–H and O–H groups in total. The molecule has 0 saturated carbocycles. The molecule has 1 aromatic heterocycles. The predicted octanol–water partition coefficient (Wildman–Crippen LogP) is -2.92. The van der Waals surface area contributed by atoms with Crippen molar-refractivity contribution in [2.24, 2.45) is 11.5 Å². The van der Waals surface area contributed by atoms with Gasteiger partial charge in [-0.15, -0.1) is 0 Å². The number of H-pyrrole nitrogens is 1. The molecule has 0 aliphatic heterocycles. The first-order valence-corrected chi connectivity index (χ1v) is 10.6. The van der Waals surface area contributed by atoms with E-state index in [2.05, 4.69) is 25.9 Å². The molecule has 172 valence electrons. The number of hydrogen-bond donors (Lipinski definition) is 7. The highest BCUT2D eigenvalue weighted by molar-refractivity contribution is 7.98. The van der Waals surface area contributed by atoms with Crippen LogP contribution in [-0.2, 0) is 30.4 Å². The highest BCUT2D eigenvalue weighted by Crippen LogP contribution is 2.05. The Bertz CT molecular complexity index is 773. The molecular weight excluding hydrogens is 430 g/mol. The number of imidazole rings is 1. The first-order chi connectivity index (χ1) is 14.6. The number of nitrogens with zero attached hydrogens (tertiary/aromatic N) is 1. The van der Waals surface area contributed by atoms with Crippen LogP contribution in [0.25, 0.3) is 0 Å². The number of carbonyl (C=O) groups excluding carboxylic acids is 4. The molecule has 13 nitrogen and oxygen atoms in total. The third kappa shape index (κ3) is 9.95. The molecule has 0 aliphatic carbocycles. The second kappa shape index (κ2) is 13.2. The SMILES string of the molecule is CSCCC(NC(=O)C(Cc1cnc[nH]1)NC(=O)C(N)CC(N)=O)C(=O)NCC(=O)O. The maximum Gasteiger partial charge on any atom is 0.322 e. The quantitative estimate of drug-likeness (QED) is 0.152. The van der Waals surface area contributed by atoms with E-state index in [1.807, 2.05) is 6.26 Å². The summed E-state index contributed by atoms with van der Waals surface area (Å²) in [6.45, 7) is -0.596. The van der Waals surface area contributed by atoms with E-state index >= 15 is 0 Å². The zero-order chi connectivity index (χ0) is 23.4. The van der Waals surface area contributed by atoms with Crippen LogP contribution in [0.4, 0.5) is 0 Å². The molecule has 0 aliphatic rings. The zero-order valence-corrected chi connectivity index (χ0v) is 17.7. The Morgan fingerprint density at radius 1 is 1.16 bits per heavy atom. The van der Waals surface area contributed by atoms with Crippen LogP contribution < -0.4 is 27.4 Å². The van der Waals surface area contributed by atoms with Crippen molar-refractivity contribution >= 4 is 41.4 Å². The van der Waals surface area contributed by atoms with Crippen molar-refractivity contribution in [2.75, 3.05) is 18.6 Å². The van der Waals surface area contributed by atoms with Crippen LogP contribution in [-0.4, -0.2) is 81.4 Å². The van der Waals surface area contributed by atoms with Crippen LogP contribution in [0.2, 0.25) is 0 Å². The summed E-state index contributed by atoms with van der Waals surface area (Å²) >= 11 is 1.44. The Kier molecular flexibility index (Phi) is 11.1. The molecule has 0 aromatic carbocycles. The van der Waals surface area contributed by atoms with Crippen molar-refractivity contribution in [1.82, 2.24) is 25.9 Å². The number of carboxylic acids is 1. The van der Waals surface area contributed by atoms with E-state index in [-0.39, 0.29) is 12.8 Å². The van der Waals surface area contributed by atoms with Gasteiger partial charge in [0.1, 0.15) is 18.6 Å². The number of primary amides is 1. The average Bonchev–Trinajstić information content (AvgIpc) is 3.21. The molecule has 1 rings (SSSR count). The van der Waals surface area contributed by atoms with Gasteiger partial charge in [-0.1, -0.05) is 0 Å². The van der Waals surface area contributed by atoms with Crippen molar-refractivity contribution in [3.05, 3.63) is 18.2 Å². The first-order valence-electron chi connectivity index (χ1n) is 9.24. The predicted molar refractivity (Wildman–Crippen MR) is 112 cm³/mol. The number of hydrogen-bond acceptors (Lipinski definition) is 8. The molecule has 4 amide bonds. The number of nitrogens with two attached hydrogens (primary N) is 2. The van der Waals surface area contributed by atoms with Gasteiger partial charge in [0, 0.05) is 18.3 Å². The second-order valence-corrected chi connectivity index (χ2v) is 7.56. The Morgan fingerprint density at radius 2 is 1.84 bits per heavy atom. The lowest BCUT2D eigenvalue weighted by atomic mass is 10.1.